The molecule has 7 nitrogen and oxygen atoms in total. The summed E-state index contributed by atoms with van der Waals surface area (Å²) in [6.45, 7) is 5.98. The molecule has 1 amide bonds. The first kappa shape index (κ1) is 26.2. The van der Waals surface area contributed by atoms with E-state index in [4.69, 9.17) is 9.47 Å². The number of aliphatic carboxylic acids is 1. The van der Waals surface area contributed by atoms with Crippen LogP contribution in [0.15, 0.2) is 30.3 Å². The minimum atomic E-state index is -0.978. The van der Waals surface area contributed by atoms with Gasteiger partial charge in [0.05, 0.1) is 25.2 Å². The average Bonchev–Trinajstić information content (AvgIpc) is 3.08. The smallest absolute Gasteiger partial charge is 0.328 e. The predicted molar refractivity (Wildman–Crippen MR) is 128 cm³/mol. The minimum Gasteiger partial charge on any atom is -0.481 e. The van der Waals surface area contributed by atoms with Crippen molar-refractivity contribution in [1.29, 1.82) is 0 Å². The highest BCUT2D eigenvalue weighted by Crippen LogP contribution is 2.56. The zero-order chi connectivity index (χ0) is 24.9. The van der Waals surface area contributed by atoms with Gasteiger partial charge in [-0.25, -0.2) is 4.79 Å². The summed E-state index contributed by atoms with van der Waals surface area (Å²) in [4.78, 5) is 37.6. The van der Waals surface area contributed by atoms with Crippen molar-refractivity contribution in [2.24, 2.45) is 22.7 Å². The van der Waals surface area contributed by atoms with Crippen LogP contribution in [0.3, 0.4) is 0 Å². The quantitative estimate of drug-likeness (QED) is 0.518. The van der Waals surface area contributed by atoms with Gasteiger partial charge in [0.25, 0.3) is 0 Å². The van der Waals surface area contributed by atoms with Crippen LogP contribution in [0, 0.1) is 22.7 Å². The van der Waals surface area contributed by atoms with E-state index in [1.807, 2.05) is 32.0 Å². The Labute approximate surface area is 202 Å². The number of carbonyl (C=O) groups is 3. The number of hydrogen-bond donors (Lipinski definition) is 2. The van der Waals surface area contributed by atoms with Gasteiger partial charge in [0.1, 0.15) is 6.04 Å². The minimum absolute atomic E-state index is 0.204. The molecule has 2 N–H and O–H groups in total. The number of rotatable bonds is 9. The molecule has 0 aliphatic heterocycles. The van der Waals surface area contributed by atoms with Gasteiger partial charge in [-0.1, -0.05) is 44.2 Å². The maximum Gasteiger partial charge on any atom is 0.328 e. The van der Waals surface area contributed by atoms with Crippen LogP contribution in [0.25, 0.3) is 0 Å². The summed E-state index contributed by atoms with van der Waals surface area (Å²) >= 11 is 0. The maximum absolute atomic E-state index is 13.2. The molecule has 0 spiro atoms. The van der Waals surface area contributed by atoms with Crippen LogP contribution in [0.5, 0.6) is 0 Å². The Bertz CT molecular complexity index is 861. The lowest BCUT2D eigenvalue weighted by atomic mass is 9.65. The van der Waals surface area contributed by atoms with Gasteiger partial charge in [0.2, 0.25) is 5.91 Å². The van der Waals surface area contributed by atoms with Crippen molar-refractivity contribution in [3.63, 3.8) is 0 Å². The first-order valence-electron chi connectivity index (χ1n) is 12.4. The van der Waals surface area contributed by atoms with Crippen LogP contribution in [0.1, 0.15) is 71.3 Å². The number of esters is 1. The summed E-state index contributed by atoms with van der Waals surface area (Å²) in [5.74, 6) is -1.77. The van der Waals surface area contributed by atoms with Gasteiger partial charge >= 0.3 is 11.9 Å². The monoisotopic (exact) mass is 473 g/mol. The van der Waals surface area contributed by atoms with Gasteiger partial charge in [-0.3, -0.25) is 9.59 Å². The van der Waals surface area contributed by atoms with Gasteiger partial charge in [-0.05, 0) is 68.8 Å². The fourth-order valence-corrected chi connectivity index (χ4v) is 5.63. The molecule has 3 atom stereocenters. The van der Waals surface area contributed by atoms with Crippen molar-refractivity contribution in [2.75, 3.05) is 7.11 Å². The van der Waals surface area contributed by atoms with Crippen LogP contribution in [-0.4, -0.2) is 42.2 Å². The van der Waals surface area contributed by atoms with E-state index >= 15 is 0 Å². The number of benzene rings is 1. The van der Waals surface area contributed by atoms with Crippen LogP contribution >= 0.6 is 0 Å². The third kappa shape index (κ3) is 5.62. The molecule has 2 aliphatic carbocycles. The van der Waals surface area contributed by atoms with E-state index in [1.54, 1.807) is 6.92 Å². The molecule has 1 aromatic carbocycles. The summed E-state index contributed by atoms with van der Waals surface area (Å²) in [6, 6.07) is 9.39. The molecule has 34 heavy (non-hydrogen) atoms. The first-order valence-corrected chi connectivity index (χ1v) is 12.4. The van der Waals surface area contributed by atoms with E-state index in [0.29, 0.717) is 31.8 Å². The number of nitrogens with one attached hydrogen (secondary N) is 1. The van der Waals surface area contributed by atoms with Crippen molar-refractivity contribution in [3.05, 3.63) is 35.9 Å². The fourth-order valence-electron chi connectivity index (χ4n) is 5.63. The highest BCUT2D eigenvalue weighted by molar-refractivity contribution is 5.88. The zero-order valence-electron chi connectivity index (χ0n) is 20.8. The molecule has 188 valence electrons. The normalized spacial score (nSPS) is 29.2. The van der Waals surface area contributed by atoms with Gasteiger partial charge in [0, 0.05) is 5.92 Å². The fraction of sp³-hybridized carbons (Fsp3) is 0.667. The molecule has 0 bridgehead atoms. The molecule has 1 aromatic rings. The molecule has 2 saturated carbocycles. The van der Waals surface area contributed by atoms with Crippen molar-refractivity contribution in [1.82, 2.24) is 5.32 Å². The molecule has 3 rings (SSSR count). The molecular weight excluding hydrogens is 434 g/mol. The lowest BCUT2D eigenvalue weighted by Crippen LogP contribution is -2.50. The molecule has 7 heteroatoms. The van der Waals surface area contributed by atoms with E-state index in [-0.39, 0.29) is 12.0 Å². The number of ether oxygens (including phenoxy) is 2. The second kappa shape index (κ2) is 10.9. The Morgan fingerprint density at radius 3 is 2.26 bits per heavy atom. The highest BCUT2D eigenvalue weighted by atomic mass is 16.5. The lowest BCUT2D eigenvalue weighted by Gasteiger charge is -2.38. The Morgan fingerprint density at radius 1 is 1.06 bits per heavy atom. The van der Waals surface area contributed by atoms with Crippen molar-refractivity contribution in [3.8, 4) is 0 Å². The van der Waals surface area contributed by atoms with Gasteiger partial charge in [-0.15, -0.1) is 0 Å². The first-order chi connectivity index (χ1) is 16.1. The van der Waals surface area contributed by atoms with E-state index in [9.17, 15) is 19.5 Å². The number of amides is 1. The largest absolute Gasteiger partial charge is 0.481 e. The van der Waals surface area contributed by atoms with E-state index < -0.39 is 34.7 Å². The lowest BCUT2D eigenvalue weighted by molar-refractivity contribution is -0.156. The van der Waals surface area contributed by atoms with Gasteiger partial charge < -0.3 is 19.9 Å². The van der Waals surface area contributed by atoms with Gasteiger partial charge in [-0.2, -0.15) is 0 Å². The summed E-state index contributed by atoms with van der Waals surface area (Å²) in [6.07, 6.45) is 5.34. The molecule has 0 unspecified atom stereocenters. The summed E-state index contributed by atoms with van der Waals surface area (Å²) in [5, 5.41) is 12.6. The van der Waals surface area contributed by atoms with E-state index in [2.05, 4.69) is 17.4 Å². The van der Waals surface area contributed by atoms with Crippen molar-refractivity contribution >= 4 is 17.8 Å². The van der Waals surface area contributed by atoms with Gasteiger partial charge in [0.15, 0.2) is 0 Å². The second-order valence-corrected chi connectivity index (χ2v) is 10.7. The standard InChI is InChI=1S/C27H39NO6/c1-26(2)21(14-15-27(26,3)25(31)32)23(29)28-22(24(30)33-4)16-18-10-12-20(13-11-18)34-17-19-8-6-5-7-9-19/h5-9,18,20-22H,10-17H2,1-4H3,(H,28,29)(H,31,32)/t18?,20?,21-,22-,27+/m1/s1. The molecule has 0 heterocycles. The summed E-state index contributed by atoms with van der Waals surface area (Å²) in [7, 11) is 1.33. The average molecular weight is 474 g/mol. The van der Waals surface area contributed by atoms with Crippen LogP contribution < -0.4 is 5.32 Å². The number of carboxylic acids is 1. The number of methoxy groups -OCH3 is 1. The number of carboxylic acid groups (broad SMARTS) is 1. The summed E-state index contributed by atoms with van der Waals surface area (Å²) < 4.78 is 11.1. The Balaban J connectivity index is 1.54. The second-order valence-electron chi connectivity index (χ2n) is 10.7. The van der Waals surface area contributed by atoms with Crippen molar-refractivity contribution in [2.45, 2.75) is 84.5 Å². The Hall–Kier alpha value is -2.41. The number of carbonyl (C=O) groups excluding carboxylic acids is 2. The Kier molecular flexibility index (Phi) is 8.39. The predicted octanol–water partition coefficient (Wildman–Crippen LogP) is 4.34. The van der Waals surface area contributed by atoms with Crippen LogP contribution in [-0.2, 0) is 30.5 Å². The Morgan fingerprint density at radius 2 is 1.71 bits per heavy atom. The van der Waals surface area contributed by atoms with Crippen LogP contribution in [0.2, 0.25) is 0 Å². The molecule has 0 radical (unpaired) electrons. The van der Waals surface area contributed by atoms with E-state index in [0.717, 1.165) is 31.2 Å². The van der Waals surface area contributed by atoms with Crippen LogP contribution in [0.4, 0.5) is 0 Å². The molecule has 0 saturated heterocycles. The zero-order valence-corrected chi connectivity index (χ0v) is 20.8. The maximum atomic E-state index is 13.2. The third-order valence-electron chi connectivity index (χ3n) is 8.51. The topological polar surface area (TPSA) is 102 Å². The molecule has 0 aromatic heterocycles. The number of hydrogen-bond acceptors (Lipinski definition) is 5. The SMILES string of the molecule is COC(=O)[C@@H](CC1CCC(OCc2ccccc2)CC1)NC(=O)[C@H]1CC[C@@](C)(C(=O)O)C1(C)C. The van der Waals surface area contributed by atoms with Crippen molar-refractivity contribution < 1.29 is 29.0 Å². The highest BCUT2D eigenvalue weighted by Gasteiger charge is 2.58. The third-order valence-corrected chi connectivity index (χ3v) is 8.51. The van der Waals surface area contributed by atoms with E-state index in [1.165, 1.54) is 7.11 Å². The molecule has 2 fully saturated rings. The summed E-state index contributed by atoms with van der Waals surface area (Å²) in [5.41, 5.74) is -0.544. The molecule has 2 aliphatic rings. The molecular formula is C27H39NO6.